The Morgan fingerprint density at radius 2 is 2.05 bits per heavy atom. The predicted molar refractivity (Wildman–Crippen MR) is 77.2 cm³/mol. The van der Waals surface area contributed by atoms with Gasteiger partial charge in [0.05, 0.1) is 12.1 Å². The predicted octanol–water partition coefficient (Wildman–Crippen LogP) is 1.99. The number of carbonyl (C=O) groups excluding carboxylic acids is 1. The van der Waals surface area contributed by atoms with Gasteiger partial charge in [0.2, 0.25) is 0 Å². The van der Waals surface area contributed by atoms with E-state index in [1.54, 1.807) is 4.90 Å². The minimum atomic E-state index is -0.471. The Morgan fingerprint density at radius 3 is 2.53 bits per heavy atom. The zero-order valence-electron chi connectivity index (χ0n) is 13.2. The van der Waals surface area contributed by atoms with Gasteiger partial charge in [-0.2, -0.15) is 0 Å². The van der Waals surface area contributed by atoms with Crippen LogP contribution in [0.3, 0.4) is 0 Å². The molecule has 0 aliphatic carbocycles. The molecule has 0 spiro atoms. The van der Waals surface area contributed by atoms with Crippen LogP contribution in [0.2, 0.25) is 0 Å². The SMILES string of the molecule is CC.CCC(O)C1CN(C(=O)OC(C)(C)C)CCN1. The number of aliphatic hydroxyl groups excluding tert-OH is 1. The van der Waals surface area contributed by atoms with Crippen LogP contribution in [0.4, 0.5) is 4.79 Å². The van der Waals surface area contributed by atoms with Crippen LogP contribution in [0.5, 0.6) is 0 Å². The highest BCUT2D eigenvalue weighted by atomic mass is 16.6. The number of aliphatic hydroxyl groups is 1. The lowest BCUT2D eigenvalue weighted by molar-refractivity contribution is 0.0109. The van der Waals surface area contributed by atoms with E-state index in [0.29, 0.717) is 26.1 Å². The van der Waals surface area contributed by atoms with Gasteiger partial charge in [0.25, 0.3) is 0 Å². The average Bonchev–Trinajstić information content (AvgIpc) is 2.38. The van der Waals surface area contributed by atoms with E-state index in [1.807, 2.05) is 41.5 Å². The molecular formula is C14H30N2O3. The van der Waals surface area contributed by atoms with Gasteiger partial charge in [-0.1, -0.05) is 20.8 Å². The van der Waals surface area contributed by atoms with E-state index in [2.05, 4.69) is 5.32 Å². The Balaban J connectivity index is 0.00000154. The molecule has 2 atom stereocenters. The summed E-state index contributed by atoms with van der Waals surface area (Å²) in [5.41, 5.74) is -0.471. The van der Waals surface area contributed by atoms with Crippen LogP contribution in [0, 0.1) is 0 Å². The van der Waals surface area contributed by atoms with Crippen molar-refractivity contribution >= 4 is 6.09 Å². The van der Waals surface area contributed by atoms with Crippen molar-refractivity contribution in [2.75, 3.05) is 19.6 Å². The van der Waals surface area contributed by atoms with E-state index in [-0.39, 0.29) is 12.1 Å². The summed E-state index contributed by atoms with van der Waals surface area (Å²) in [7, 11) is 0. The number of piperazine rings is 1. The Hall–Kier alpha value is -0.810. The van der Waals surface area contributed by atoms with Gasteiger partial charge in [0.1, 0.15) is 5.60 Å². The number of rotatable bonds is 2. The fraction of sp³-hybridized carbons (Fsp3) is 0.929. The molecule has 0 saturated carbocycles. The zero-order chi connectivity index (χ0) is 15.1. The number of nitrogens with zero attached hydrogens (tertiary/aromatic N) is 1. The Labute approximate surface area is 117 Å². The van der Waals surface area contributed by atoms with Crippen molar-refractivity contribution in [2.24, 2.45) is 0 Å². The van der Waals surface area contributed by atoms with E-state index in [0.717, 1.165) is 0 Å². The standard InChI is InChI=1S/C12H24N2O3.C2H6/c1-5-10(15)9-8-14(7-6-13-9)11(16)17-12(2,3)4;1-2/h9-10,13,15H,5-8H2,1-4H3;1-2H3. The molecule has 1 fully saturated rings. The molecule has 2 unspecified atom stereocenters. The maximum absolute atomic E-state index is 11.9. The highest BCUT2D eigenvalue weighted by molar-refractivity contribution is 5.68. The second-order valence-corrected chi connectivity index (χ2v) is 5.46. The minimum Gasteiger partial charge on any atom is -0.444 e. The van der Waals surface area contributed by atoms with Crippen LogP contribution in [0.15, 0.2) is 0 Å². The van der Waals surface area contributed by atoms with Crippen molar-refractivity contribution < 1.29 is 14.6 Å². The van der Waals surface area contributed by atoms with E-state index < -0.39 is 11.7 Å². The Morgan fingerprint density at radius 1 is 1.47 bits per heavy atom. The number of carbonyl (C=O) groups is 1. The number of hydrogen-bond donors (Lipinski definition) is 2. The normalized spacial score (nSPS) is 21.2. The molecule has 0 aromatic heterocycles. The lowest BCUT2D eigenvalue weighted by Gasteiger charge is -2.36. The minimum absolute atomic E-state index is 0.0544. The van der Waals surface area contributed by atoms with Gasteiger partial charge < -0.3 is 20.1 Å². The molecule has 114 valence electrons. The molecule has 0 aromatic carbocycles. The first-order valence-corrected chi connectivity index (χ1v) is 7.23. The molecule has 2 N–H and O–H groups in total. The molecular weight excluding hydrogens is 244 g/mol. The van der Waals surface area contributed by atoms with E-state index in [9.17, 15) is 9.90 Å². The second-order valence-electron chi connectivity index (χ2n) is 5.46. The summed E-state index contributed by atoms with van der Waals surface area (Å²) in [6.45, 7) is 13.3. The molecule has 5 nitrogen and oxygen atoms in total. The van der Waals surface area contributed by atoms with Gasteiger partial charge in [0.15, 0.2) is 0 Å². The lowest BCUT2D eigenvalue weighted by Crippen LogP contribution is -2.57. The third-order valence-corrected chi connectivity index (χ3v) is 2.74. The fourth-order valence-corrected chi connectivity index (χ4v) is 1.81. The topological polar surface area (TPSA) is 61.8 Å². The second kappa shape index (κ2) is 8.38. The van der Waals surface area contributed by atoms with E-state index >= 15 is 0 Å². The summed E-state index contributed by atoms with van der Waals surface area (Å²) in [6, 6.07) is -0.0544. The van der Waals surface area contributed by atoms with Gasteiger partial charge in [-0.3, -0.25) is 0 Å². The largest absolute Gasteiger partial charge is 0.444 e. The molecule has 0 bridgehead atoms. The van der Waals surface area contributed by atoms with Crippen LogP contribution >= 0.6 is 0 Å². The summed E-state index contributed by atoms with van der Waals surface area (Å²) >= 11 is 0. The van der Waals surface area contributed by atoms with Gasteiger partial charge in [-0.25, -0.2) is 4.79 Å². The van der Waals surface area contributed by atoms with Crippen LogP contribution < -0.4 is 5.32 Å². The number of nitrogens with one attached hydrogen (secondary N) is 1. The van der Waals surface area contributed by atoms with E-state index in [4.69, 9.17) is 4.74 Å². The Bertz CT molecular complexity index is 264. The van der Waals surface area contributed by atoms with Crippen molar-refractivity contribution in [3.05, 3.63) is 0 Å². The summed E-state index contributed by atoms with van der Waals surface area (Å²) in [6.07, 6.45) is -0.0349. The molecule has 5 heteroatoms. The summed E-state index contributed by atoms with van der Waals surface area (Å²) in [5.74, 6) is 0. The molecule has 1 heterocycles. The van der Waals surface area contributed by atoms with Gasteiger partial charge in [-0.05, 0) is 27.2 Å². The fourth-order valence-electron chi connectivity index (χ4n) is 1.81. The molecule has 1 saturated heterocycles. The molecule has 1 rings (SSSR count). The molecule has 1 amide bonds. The number of ether oxygens (including phenoxy) is 1. The molecule has 0 radical (unpaired) electrons. The smallest absolute Gasteiger partial charge is 0.410 e. The van der Waals surface area contributed by atoms with Crippen LogP contribution in [-0.4, -0.2) is 53.5 Å². The number of amides is 1. The average molecular weight is 274 g/mol. The van der Waals surface area contributed by atoms with E-state index in [1.165, 1.54) is 0 Å². The summed E-state index contributed by atoms with van der Waals surface area (Å²) in [5, 5.41) is 13.0. The van der Waals surface area contributed by atoms with Crippen molar-refractivity contribution in [1.29, 1.82) is 0 Å². The Kier molecular flexibility index (Phi) is 8.02. The third kappa shape index (κ3) is 6.78. The van der Waals surface area contributed by atoms with Gasteiger partial charge in [0, 0.05) is 19.6 Å². The third-order valence-electron chi connectivity index (χ3n) is 2.74. The highest BCUT2D eigenvalue weighted by Crippen LogP contribution is 2.12. The molecule has 1 aliphatic rings. The molecule has 0 aromatic rings. The summed E-state index contributed by atoms with van der Waals surface area (Å²) < 4.78 is 5.32. The van der Waals surface area contributed by atoms with Crippen molar-refractivity contribution in [2.45, 2.75) is 65.7 Å². The van der Waals surface area contributed by atoms with Crippen molar-refractivity contribution in [3.63, 3.8) is 0 Å². The van der Waals surface area contributed by atoms with Crippen molar-refractivity contribution in [3.8, 4) is 0 Å². The van der Waals surface area contributed by atoms with Gasteiger partial charge >= 0.3 is 6.09 Å². The monoisotopic (exact) mass is 274 g/mol. The maximum Gasteiger partial charge on any atom is 0.410 e. The van der Waals surface area contributed by atoms with Crippen molar-refractivity contribution in [1.82, 2.24) is 10.2 Å². The first-order chi connectivity index (χ1) is 8.83. The molecule has 19 heavy (non-hydrogen) atoms. The highest BCUT2D eigenvalue weighted by Gasteiger charge is 2.29. The zero-order valence-corrected chi connectivity index (χ0v) is 13.2. The van der Waals surface area contributed by atoms with Crippen LogP contribution in [0.1, 0.15) is 48.0 Å². The van der Waals surface area contributed by atoms with Gasteiger partial charge in [-0.15, -0.1) is 0 Å². The van der Waals surface area contributed by atoms with Crippen LogP contribution in [0.25, 0.3) is 0 Å². The maximum atomic E-state index is 11.9. The van der Waals surface area contributed by atoms with Crippen LogP contribution in [-0.2, 0) is 4.74 Å². The first-order valence-electron chi connectivity index (χ1n) is 7.23. The first kappa shape index (κ1) is 18.2. The lowest BCUT2D eigenvalue weighted by atomic mass is 10.1. The molecule has 1 aliphatic heterocycles. The number of hydrogen-bond acceptors (Lipinski definition) is 4. The summed E-state index contributed by atoms with van der Waals surface area (Å²) in [4.78, 5) is 13.5. The quantitative estimate of drug-likeness (QED) is 0.808.